The van der Waals surface area contributed by atoms with Crippen LogP contribution in [-0.2, 0) is 17.9 Å². The second kappa shape index (κ2) is 7.79. The number of hydrogen-bond donors (Lipinski definition) is 0. The predicted octanol–water partition coefficient (Wildman–Crippen LogP) is 3.55. The number of ether oxygens (including phenoxy) is 1. The number of piperidine rings is 1. The SMILES string of the molecule is COc1ccc(CN2CCC3(CC2)CC3C(=O)N(C)Cc2cscn2)c(F)c1. The Labute approximate surface area is 169 Å². The predicted molar refractivity (Wildman–Crippen MR) is 107 cm³/mol. The first-order valence-electron chi connectivity index (χ1n) is 9.67. The normalized spacial score (nSPS) is 20.9. The Kier molecular flexibility index (Phi) is 5.38. The van der Waals surface area contributed by atoms with Gasteiger partial charge in [-0.25, -0.2) is 9.37 Å². The van der Waals surface area contributed by atoms with E-state index < -0.39 is 0 Å². The van der Waals surface area contributed by atoms with E-state index in [-0.39, 0.29) is 23.1 Å². The van der Waals surface area contributed by atoms with Crippen molar-refractivity contribution in [2.24, 2.45) is 11.3 Å². The van der Waals surface area contributed by atoms with Crippen LogP contribution in [0.1, 0.15) is 30.5 Å². The van der Waals surface area contributed by atoms with E-state index in [1.807, 2.05) is 17.3 Å². The van der Waals surface area contributed by atoms with Gasteiger partial charge in [0.25, 0.3) is 0 Å². The number of carbonyl (C=O) groups excluding carboxylic acids is 1. The molecule has 2 aromatic rings. The summed E-state index contributed by atoms with van der Waals surface area (Å²) in [4.78, 5) is 21.2. The largest absolute Gasteiger partial charge is 0.497 e. The average Bonchev–Trinajstić information content (AvgIpc) is 3.13. The third-order valence-electron chi connectivity index (χ3n) is 6.25. The summed E-state index contributed by atoms with van der Waals surface area (Å²) in [6, 6.07) is 5.04. The van der Waals surface area contributed by atoms with Crippen LogP contribution in [-0.4, -0.2) is 47.9 Å². The Balaban J connectivity index is 1.29. The number of aromatic nitrogens is 1. The molecular formula is C21H26FN3O2S. The maximum atomic E-state index is 14.2. The number of likely N-dealkylation sites (tertiary alicyclic amines) is 1. The fraction of sp³-hybridized carbons (Fsp3) is 0.524. The zero-order chi connectivity index (χ0) is 19.7. The minimum Gasteiger partial charge on any atom is -0.497 e. The summed E-state index contributed by atoms with van der Waals surface area (Å²) in [6.45, 7) is 3.00. The van der Waals surface area contributed by atoms with Crippen LogP contribution in [0.3, 0.4) is 0 Å². The van der Waals surface area contributed by atoms with E-state index in [4.69, 9.17) is 4.74 Å². The van der Waals surface area contributed by atoms with E-state index in [1.165, 1.54) is 6.07 Å². The van der Waals surface area contributed by atoms with E-state index in [0.29, 0.717) is 24.4 Å². The van der Waals surface area contributed by atoms with Gasteiger partial charge in [0.2, 0.25) is 5.91 Å². The maximum Gasteiger partial charge on any atom is 0.226 e. The van der Waals surface area contributed by atoms with Crippen LogP contribution in [0, 0.1) is 17.2 Å². The van der Waals surface area contributed by atoms with Crippen molar-refractivity contribution >= 4 is 17.2 Å². The summed E-state index contributed by atoms with van der Waals surface area (Å²) in [5, 5.41) is 1.99. The fourth-order valence-electron chi connectivity index (χ4n) is 4.33. The first-order valence-corrected chi connectivity index (χ1v) is 10.6. The molecule has 1 unspecified atom stereocenters. The molecule has 1 amide bonds. The minimum absolute atomic E-state index is 0.135. The number of rotatable bonds is 6. The molecule has 7 heteroatoms. The summed E-state index contributed by atoms with van der Waals surface area (Å²) in [6.07, 6.45) is 3.00. The molecule has 1 saturated carbocycles. The first-order chi connectivity index (χ1) is 13.5. The molecule has 150 valence electrons. The monoisotopic (exact) mass is 403 g/mol. The van der Waals surface area contributed by atoms with Gasteiger partial charge in [-0.05, 0) is 43.8 Å². The number of methoxy groups -OCH3 is 1. The molecular weight excluding hydrogens is 377 g/mol. The fourth-order valence-corrected chi connectivity index (χ4v) is 4.88. The molecule has 5 nitrogen and oxygen atoms in total. The molecule has 1 spiro atoms. The number of nitrogens with zero attached hydrogens (tertiary/aromatic N) is 3. The van der Waals surface area contributed by atoms with Gasteiger partial charge in [-0.1, -0.05) is 6.07 Å². The lowest BCUT2D eigenvalue weighted by atomic mass is 9.90. The molecule has 2 heterocycles. The standard InChI is InChI=1S/C21H26FN3O2S/c1-24(12-16-13-28-14-23-16)20(26)18-10-21(18)5-7-25(8-6-21)11-15-3-4-17(27-2)9-19(15)22/h3-4,9,13-14,18H,5-8,10-12H2,1-2H3. The molecule has 1 saturated heterocycles. The smallest absolute Gasteiger partial charge is 0.226 e. The molecule has 2 fully saturated rings. The van der Waals surface area contributed by atoms with Crippen molar-refractivity contribution in [1.29, 1.82) is 0 Å². The second-order valence-corrected chi connectivity index (χ2v) is 8.75. The van der Waals surface area contributed by atoms with E-state index in [0.717, 1.165) is 38.0 Å². The van der Waals surface area contributed by atoms with Crippen LogP contribution >= 0.6 is 11.3 Å². The van der Waals surface area contributed by atoms with Gasteiger partial charge in [-0.2, -0.15) is 0 Å². The van der Waals surface area contributed by atoms with Crippen LogP contribution in [0.2, 0.25) is 0 Å². The van der Waals surface area contributed by atoms with Crippen LogP contribution in [0.4, 0.5) is 4.39 Å². The highest BCUT2D eigenvalue weighted by atomic mass is 32.1. The van der Waals surface area contributed by atoms with Crippen LogP contribution in [0.5, 0.6) is 5.75 Å². The molecule has 4 rings (SSSR count). The number of halogens is 1. The summed E-state index contributed by atoms with van der Waals surface area (Å²) in [5.41, 5.74) is 3.60. The summed E-state index contributed by atoms with van der Waals surface area (Å²) in [7, 11) is 3.41. The lowest BCUT2D eigenvalue weighted by Gasteiger charge is -2.33. The molecule has 1 aliphatic heterocycles. The second-order valence-electron chi connectivity index (χ2n) is 8.03. The molecule has 28 heavy (non-hydrogen) atoms. The molecule has 1 aliphatic carbocycles. The van der Waals surface area contributed by atoms with E-state index in [9.17, 15) is 9.18 Å². The van der Waals surface area contributed by atoms with Crippen molar-refractivity contribution < 1.29 is 13.9 Å². The van der Waals surface area contributed by atoms with Crippen molar-refractivity contribution in [3.8, 4) is 5.75 Å². The van der Waals surface area contributed by atoms with Crippen molar-refractivity contribution in [3.63, 3.8) is 0 Å². The number of hydrogen-bond acceptors (Lipinski definition) is 5. The lowest BCUT2D eigenvalue weighted by molar-refractivity contribution is -0.133. The summed E-state index contributed by atoms with van der Waals surface area (Å²) in [5.74, 6) is 0.696. The Hall–Kier alpha value is -1.99. The Morgan fingerprint density at radius 3 is 2.86 bits per heavy atom. The molecule has 0 radical (unpaired) electrons. The van der Waals surface area contributed by atoms with Crippen molar-refractivity contribution in [2.75, 3.05) is 27.2 Å². The van der Waals surface area contributed by atoms with Gasteiger partial charge in [0, 0.05) is 36.5 Å². The molecule has 0 N–H and O–H groups in total. The van der Waals surface area contributed by atoms with Crippen LogP contribution in [0.25, 0.3) is 0 Å². The zero-order valence-corrected chi connectivity index (χ0v) is 17.2. The Morgan fingerprint density at radius 1 is 1.43 bits per heavy atom. The zero-order valence-electron chi connectivity index (χ0n) is 16.4. The quantitative estimate of drug-likeness (QED) is 0.740. The van der Waals surface area contributed by atoms with Gasteiger partial charge in [0.1, 0.15) is 11.6 Å². The highest BCUT2D eigenvalue weighted by Crippen LogP contribution is 2.60. The number of carbonyl (C=O) groups is 1. The highest BCUT2D eigenvalue weighted by molar-refractivity contribution is 7.07. The number of benzene rings is 1. The molecule has 0 bridgehead atoms. The Morgan fingerprint density at radius 2 is 2.21 bits per heavy atom. The molecule has 1 atom stereocenters. The Bertz CT molecular complexity index is 834. The van der Waals surface area contributed by atoms with Gasteiger partial charge in [0.15, 0.2) is 0 Å². The third-order valence-corrected chi connectivity index (χ3v) is 6.89. The number of thiazole rings is 1. The molecule has 2 aliphatic rings. The van der Waals surface area contributed by atoms with Gasteiger partial charge < -0.3 is 9.64 Å². The molecule has 1 aromatic heterocycles. The lowest BCUT2D eigenvalue weighted by Crippen LogP contribution is -2.37. The molecule has 1 aromatic carbocycles. The van der Waals surface area contributed by atoms with Crippen molar-refractivity contribution in [2.45, 2.75) is 32.4 Å². The van der Waals surface area contributed by atoms with E-state index in [2.05, 4.69) is 9.88 Å². The topological polar surface area (TPSA) is 45.7 Å². The van der Waals surface area contributed by atoms with Gasteiger partial charge in [-0.15, -0.1) is 11.3 Å². The highest BCUT2D eigenvalue weighted by Gasteiger charge is 2.58. The summed E-state index contributed by atoms with van der Waals surface area (Å²) >= 11 is 1.55. The third kappa shape index (κ3) is 3.91. The number of amides is 1. The first kappa shape index (κ1) is 19.3. The van der Waals surface area contributed by atoms with E-state index >= 15 is 0 Å². The van der Waals surface area contributed by atoms with Crippen LogP contribution < -0.4 is 4.74 Å². The van der Waals surface area contributed by atoms with E-state index in [1.54, 1.807) is 36.1 Å². The van der Waals surface area contributed by atoms with Crippen molar-refractivity contribution in [3.05, 3.63) is 46.2 Å². The minimum atomic E-state index is -0.220. The maximum absolute atomic E-state index is 14.2. The summed E-state index contributed by atoms with van der Waals surface area (Å²) < 4.78 is 19.3. The van der Waals surface area contributed by atoms with Gasteiger partial charge in [-0.3, -0.25) is 9.69 Å². The van der Waals surface area contributed by atoms with Crippen LogP contribution in [0.15, 0.2) is 29.1 Å². The van der Waals surface area contributed by atoms with Gasteiger partial charge >= 0.3 is 0 Å². The van der Waals surface area contributed by atoms with Gasteiger partial charge in [0.05, 0.1) is 24.9 Å². The van der Waals surface area contributed by atoms with Crippen molar-refractivity contribution in [1.82, 2.24) is 14.8 Å². The average molecular weight is 404 g/mol.